The van der Waals surface area contributed by atoms with Crippen molar-refractivity contribution in [2.24, 2.45) is 23.1 Å². The van der Waals surface area contributed by atoms with Gasteiger partial charge in [-0.25, -0.2) is 8.78 Å². The molecule has 1 aliphatic rings. The lowest BCUT2D eigenvalue weighted by atomic mass is 10.00. The standard InChI is InChI=1S/C54H66F2N12O8S2/c1-30(2)46-54(76)67-45(52(74)63-41(47(59)69)23-32-11-8-14-36(56)21-32)29-78-77-28-44(66-48(70)38(58)22-31-10-7-13-35(55)20-31)53(75)64-42(24-33-12-9-19-60-26-33)50(72)65-43(25-34-27-61-39-16-4-3-15-37(34)39)51(73)62-40(49(71)68-46)17-5-6-18-57/h3-4,7-16,19-21,26-27,30,38,40-46,61H,5-6,17-18,22-25,28-29,57-58H2,1-2H3,(H2,59,69)(H,62,73)(H,63,74)(H,64,75)(H,65,72)(H,66,70)(H,67,76)(H,68,71)/t38-,40-,41-,42-,43+,44+,45-,46-/m0/s1. The highest BCUT2D eigenvalue weighted by Gasteiger charge is 2.36. The smallest absolute Gasteiger partial charge is 0.244 e. The van der Waals surface area contributed by atoms with Gasteiger partial charge in [0.1, 0.15) is 53.9 Å². The highest BCUT2D eigenvalue weighted by atomic mass is 33.1. The molecule has 1 saturated heterocycles. The Morgan fingerprint density at radius 2 is 1.35 bits per heavy atom. The van der Waals surface area contributed by atoms with Crippen LogP contribution < -0.4 is 54.4 Å². The fourth-order valence-electron chi connectivity index (χ4n) is 8.60. The van der Waals surface area contributed by atoms with Crippen molar-refractivity contribution in [2.75, 3.05) is 18.1 Å². The van der Waals surface area contributed by atoms with E-state index >= 15 is 0 Å². The molecule has 3 aromatic carbocycles. The maximum absolute atomic E-state index is 14.8. The molecule has 0 saturated carbocycles. The predicted molar refractivity (Wildman–Crippen MR) is 293 cm³/mol. The minimum atomic E-state index is -1.45. The Balaban J connectivity index is 1.39. The number of carbonyl (C=O) groups is 8. The normalized spacial score (nSPS) is 21.0. The monoisotopic (exact) mass is 1110 g/mol. The van der Waals surface area contributed by atoms with Crippen LogP contribution in [0, 0.1) is 17.6 Å². The summed E-state index contributed by atoms with van der Waals surface area (Å²) in [5, 5.41) is 19.8. The van der Waals surface area contributed by atoms with Crippen molar-refractivity contribution in [1.29, 1.82) is 0 Å². The van der Waals surface area contributed by atoms with Gasteiger partial charge in [0.05, 0.1) is 6.04 Å². The Bertz CT molecular complexity index is 2900. The zero-order chi connectivity index (χ0) is 56.3. The maximum Gasteiger partial charge on any atom is 0.244 e. The van der Waals surface area contributed by atoms with E-state index in [-0.39, 0.29) is 50.2 Å². The van der Waals surface area contributed by atoms with Crippen LogP contribution in [0.2, 0.25) is 0 Å². The number of carbonyl (C=O) groups excluding carboxylic acids is 8. The van der Waals surface area contributed by atoms with Crippen LogP contribution in [0.4, 0.5) is 8.78 Å². The Labute approximate surface area is 457 Å². The van der Waals surface area contributed by atoms with Crippen LogP contribution in [0.5, 0.6) is 0 Å². The molecule has 0 unspecified atom stereocenters. The summed E-state index contributed by atoms with van der Waals surface area (Å²) in [5.41, 5.74) is 20.5. The van der Waals surface area contributed by atoms with E-state index in [1.54, 1.807) is 44.3 Å². The molecular weight excluding hydrogens is 1050 g/mol. The number of unbranched alkanes of at least 4 members (excludes halogenated alkanes) is 1. The second-order valence-corrected chi connectivity index (χ2v) is 21.8. The third-order valence-corrected chi connectivity index (χ3v) is 15.3. The number of amides is 8. The zero-order valence-electron chi connectivity index (χ0n) is 43.1. The number of benzene rings is 3. The Morgan fingerprint density at radius 3 is 2.00 bits per heavy atom. The molecule has 0 bridgehead atoms. The molecule has 14 N–H and O–H groups in total. The minimum absolute atomic E-state index is 0.0619. The first-order valence-corrected chi connectivity index (χ1v) is 27.9. The molecule has 8 amide bonds. The number of primary amides is 1. The van der Waals surface area contributed by atoms with Gasteiger partial charge in [-0.1, -0.05) is 84.0 Å². The summed E-state index contributed by atoms with van der Waals surface area (Å²) >= 11 is 0. The van der Waals surface area contributed by atoms with Crippen LogP contribution in [-0.2, 0) is 64.0 Å². The number of pyridine rings is 1. The van der Waals surface area contributed by atoms with E-state index in [9.17, 15) is 47.1 Å². The summed E-state index contributed by atoms with van der Waals surface area (Å²) in [6, 6.07) is 10.6. The van der Waals surface area contributed by atoms with Crippen LogP contribution in [0.3, 0.4) is 0 Å². The molecule has 6 rings (SSSR count). The topological polar surface area (TPSA) is 328 Å². The summed E-state index contributed by atoms with van der Waals surface area (Å²) in [5.74, 6) is -8.85. The number of nitrogens with two attached hydrogens (primary N) is 3. The first kappa shape index (κ1) is 59.8. The molecule has 0 radical (unpaired) electrons. The molecule has 5 aromatic rings. The maximum atomic E-state index is 14.8. The molecule has 20 nitrogen and oxygen atoms in total. The van der Waals surface area contributed by atoms with E-state index in [1.807, 2.05) is 24.3 Å². The molecule has 78 heavy (non-hydrogen) atoms. The Morgan fingerprint density at radius 1 is 0.718 bits per heavy atom. The number of hydrogen-bond donors (Lipinski definition) is 11. The van der Waals surface area contributed by atoms with Gasteiger partial charge in [0.15, 0.2) is 0 Å². The van der Waals surface area contributed by atoms with E-state index in [4.69, 9.17) is 17.2 Å². The summed E-state index contributed by atoms with van der Waals surface area (Å²) in [4.78, 5) is 121. The average Bonchev–Trinajstić information content (AvgIpc) is 3.84. The van der Waals surface area contributed by atoms with E-state index in [0.717, 1.165) is 32.5 Å². The number of para-hydroxylation sites is 1. The number of nitrogens with zero attached hydrogens (tertiary/aromatic N) is 1. The minimum Gasteiger partial charge on any atom is -0.368 e. The lowest BCUT2D eigenvalue weighted by Crippen LogP contribution is -2.61. The molecule has 1 aliphatic heterocycles. The summed E-state index contributed by atoms with van der Waals surface area (Å²) in [6.45, 7) is 3.59. The van der Waals surface area contributed by atoms with Crippen LogP contribution in [0.1, 0.15) is 55.4 Å². The number of H-pyrrole nitrogens is 1. The van der Waals surface area contributed by atoms with Crippen molar-refractivity contribution in [3.63, 3.8) is 0 Å². The van der Waals surface area contributed by atoms with Crippen LogP contribution in [0.25, 0.3) is 10.9 Å². The Hall–Kier alpha value is -7.41. The highest BCUT2D eigenvalue weighted by molar-refractivity contribution is 8.76. The largest absolute Gasteiger partial charge is 0.368 e. The van der Waals surface area contributed by atoms with Crippen LogP contribution >= 0.6 is 21.6 Å². The fraction of sp³-hybridized carbons (Fsp3) is 0.389. The lowest BCUT2D eigenvalue weighted by molar-refractivity contribution is -0.136. The van der Waals surface area contributed by atoms with Crippen molar-refractivity contribution in [3.05, 3.63) is 137 Å². The number of rotatable bonds is 18. The van der Waals surface area contributed by atoms with Gasteiger partial charge in [0, 0.05) is 60.3 Å². The molecule has 24 heteroatoms. The second-order valence-electron chi connectivity index (χ2n) is 19.3. The van der Waals surface area contributed by atoms with Gasteiger partial charge in [0.2, 0.25) is 47.3 Å². The number of hydrogen-bond acceptors (Lipinski definition) is 13. The number of aromatic nitrogens is 2. The van der Waals surface area contributed by atoms with Crippen molar-refractivity contribution >= 4 is 79.7 Å². The molecular formula is C54H66F2N12O8S2. The van der Waals surface area contributed by atoms with Crippen molar-refractivity contribution < 1.29 is 47.1 Å². The van der Waals surface area contributed by atoms with Gasteiger partial charge in [0.25, 0.3) is 0 Å². The van der Waals surface area contributed by atoms with Gasteiger partial charge < -0.3 is 59.4 Å². The molecule has 0 aliphatic carbocycles. The van der Waals surface area contributed by atoms with Crippen molar-refractivity contribution in [2.45, 2.75) is 107 Å². The number of fused-ring (bicyclic) bond motifs is 1. The van der Waals surface area contributed by atoms with Gasteiger partial charge in [-0.05, 0) is 96.8 Å². The molecule has 8 atom stereocenters. The zero-order valence-corrected chi connectivity index (χ0v) is 44.7. The first-order chi connectivity index (χ1) is 37.4. The van der Waals surface area contributed by atoms with E-state index in [2.05, 4.69) is 47.2 Å². The third-order valence-electron chi connectivity index (χ3n) is 12.8. The van der Waals surface area contributed by atoms with Gasteiger partial charge in [-0.2, -0.15) is 0 Å². The van der Waals surface area contributed by atoms with Crippen LogP contribution in [-0.4, -0.2) is 124 Å². The van der Waals surface area contributed by atoms with E-state index in [0.29, 0.717) is 35.1 Å². The van der Waals surface area contributed by atoms with Gasteiger partial charge >= 0.3 is 0 Å². The number of aromatic amines is 1. The summed E-state index contributed by atoms with van der Waals surface area (Å²) in [7, 11) is 1.99. The quantitative estimate of drug-likeness (QED) is 0.0439. The molecule has 416 valence electrons. The predicted octanol–water partition coefficient (Wildman–Crippen LogP) is 1.50. The molecule has 3 heterocycles. The van der Waals surface area contributed by atoms with E-state index < -0.39 is 113 Å². The van der Waals surface area contributed by atoms with E-state index in [1.165, 1.54) is 48.8 Å². The molecule has 2 aromatic heterocycles. The molecule has 1 fully saturated rings. The SMILES string of the molecule is CC(C)[C@@H]1NC(=O)[C@H](CCCCN)NC(=O)[C@@H](Cc2c[nH]c3ccccc23)NC(=O)[C@H](Cc2cccnc2)NC(=O)[C@H](NC(=O)[C@@H](N)Cc2cccc(F)c2)CSSC[C@@H](C(=O)N[C@@H](Cc2cccc(F)c2)C(N)=O)NC1=O. The lowest BCUT2D eigenvalue weighted by Gasteiger charge is -2.29. The van der Waals surface area contributed by atoms with Crippen molar-refractivity contribution in [1.82, 2.24) is 47.2 Å². The van der Waals surface area contributed by atoms with Gasteiger partial charge in [-0.3, -0.25) is 43.3 Å². The third kappa shape index (κ3) is 17.8. The van der Waals surface area contributed by atoms with Crippen molar-refractivity contribution in [3.8, 4) is 0 Å². The highest BCUT2D eigenvalue weighted by Crippen LogP contribution is 2.25. The summed E-state index contributed by atoms with van der Waals surface area (Å²) < 4.78 is 28.3. The second kappa shape index (κ2) is 29.4. The molecule has 0 spiro atoms. The average molecular weight is 1110 g/mol. The first-order valence-electron chi connectivity index (χ1n) is 25.4. The fourth-order valence-corrected chi connectivity index (χ4v) is 10.9. The Kier molecular flexibility index (Phi) is 22.5. The number of halogens is 2. The summed E-state index contributed by atoms with van der Waals surface area (Å²) in [6.07, 6.45) is 5.06. The van der Waals surface area contributed by atoms with Crippen LogP contribution in [0.15, 0.2) is 104 Å². The number of nitrogens with one attached hydrogen (secondary N) is 8. The van der Waals surface area contributed by atoms with Gasteiger partial charge in [-0.15, -0.1) is 0 Å².